The van der Waals surface area contributed by atoms with Crippen LogP contribution in [0.15, 0.2) is 48.5 Å². The summed E-state index contributed by atoms with van der Waals surface area (Å²) in [5.74, 6) is 4.62. The number of hydrogen-bond donors (Lipinski definition) is 2. The largest absolute Gasteiger partial charge is 0.366 e. The van der Waals surface area contributed by atoms with E-state index in [4.69, 9.17) is 5.73 Å². The summed E-state index contributed by atoms with van der Waals surface area (Å²) in [4.78, 5) is 33.0. The van der Waals surface area contributed by atoms with E-state index in [1.54, 1.807) is 24.3 Å². The van der Waals surface area contributed by atoms with Crippen LogP contribution in [0.1, 0.15) is 26.3 Å². The van der Waals surface area contributed by atoms with Crippen molar-refractivity contribution in [2.24, 2.45) is 5.73 Å². The highest BCUT2D eigenvalue weighted by molar-refractivity contribution is 5.95. The zero-order chi connectivity index (χ0) is 17.5. The van der Waals surface area contributed by atoms with Crippen LogP contribution in [0.25, 0.3) is 0 Å². The van der Waals surface area contributed by atoms with Crippen molar-refractivity contribution < 1.29 is 14.5 Å². The molecule has 0 atom stereocenters. The first-order chi connectivity index (χ1) is 11.5. The minimum atomic E-state index is -0.563. The van der Waals surface area contributed by atoms with Crippen molar-refractivity contribution in [3.05, 3.63) is 75.3 Å². The molecule has 0 saturated carbocycles. The summed E-state index contributed by atoms with van der Waals surface area (Å²) in [6.07, 6.45) is 0. The highest BCUT2D eigenvalue weighted by Gasteiger charge is 2.10. The molecule has 2 aromatic carbocycles. The Hall–Kier alpha value is -3.66. The molecule has 0 aliphatic heterocycles. The number of benzene rings is 2. The van der Waals surface area contributed by atoms with Crippen molar-refractivity contribution in [2.45, 2.75) is 0 Å². The van der Waals surface area contributed by atoms with E-state index in [2.05, 4.69) is 17.2 Å². The van der Waals surface area contributed by atoms with Crippen LogP contribution in [0.3, 0.4) is 0 Å². The fourth-order valence-corrected chi connectivity index (χ4v) is 1.85. The number of carbonyl (C=O) groups is 2. The van der Waals surface area contributed by atoms with Crippen molar-refractivity contribution in [1.82, 2.24) is 5.32 Å². The van der Waals surface area contributed by atoms with Crippen molar-refractivity contribution >= 4 is 17.5 Å². The van der Waals surface area contributed by atoms with Crippen LogP contribution in [0.2, 0.25) is 0 Å². The number of nitro benzene ring substituents is 1. The zero-order valence-corrected chi connectivity index (χ0v) is 12.5. The maximum absolute atomic E-state index is 11.9. The molecule has 0 heterocycles. The molecule has 0 aromatic heterocycles. The predicted octanol–water partition coefficient (Wildman–Crippen LogP) is 1.48. The molecule has 0 saturated heterocycles. The highest BCUT2D eigenvalue weighted by Crippen LogP contribution is 2.12. The van der Waals surface area contributed by atoms with Crippen LogP contribution in [-0.4, -0.2) is 23.3 Å². The topological polar surface area (TPSA) is 115 Å². The quantitative estimate of drug-likeness (QED) is 0.503. The van der Waals surface area contributed by atoms with Gasteiger partial charge in [-0.25, -0.2) is 0 Å². The fraction of sp³-hybridized carbons (Fsp3) is 0.0588. The van der Waals surface area contributed by atoms with Gasteiger partial charge in [-0.05, 0) is 30.3 Å². The Bertz CT molecular complexity index is 848. The van der Waals surface area contributed by atoms with E-state index in [1.165, 1.54) is 24.3 Å². The van der Waals surface area contributed by atoms with Gasteiger partial charge in [0, 0.05) is 28.8 Å². The van der Waals surface area contributed by atoms with E-state index in [0.29, 0.717) is 11.1 Å². The Kier molecular flexibility index (Phi) is 5.26. The Morgan fingerprint density at radius 1 is 1.12 bits per heavy atom. The van der Waals surface area contributed by atoms with Gasteiger partial charge in [-0.1, -0.05) is 17.9 Å². The number of hydrogen-bond acceptors (Lipinski definition) is 4. The van der Waals surface area contributed by atoms with Crippen molar-refractivity contribution in [3.8, 4) is 11.8 Å². The van der Waals surface area contributed by atoms with E-state index in [-0.39, 0.29) is 17.8 Å². The molecule has 0 aliphatic rings. The van der Waals surface area contributed by atoms with Gasteiger partial charge in [0.1, 0.15) is 0 Å². The lowest BCUT2D eigenvalue weighted by atomic mass is 10.1. The summed E-state index contributed by atoms with van der Waals surface area (Å²) in [7, 11) is 0. The van der Waals surface area contributed by atoms with Crippen molar-refractivity contribution in [1.29, 1.82) is 0 Å². The molecule has 2 aromatic rings. The maximum Gasteiger partial charge on any atom is 0.270 e. The molecule has 0 unspecified atom stereocenters. The van der Waals surface area contributed by atoms with Crippen LogP contribution in [0.5, 0.6) is 0 Å². The summed E-state index contributed by atoms with van der Waals surface area (Å²) < 4.78 is 0. The lowest BCUT2D eigenvalue weighted by Crippen LogP contribution is -2.23. The summed E-state index contributed by atoms with van der Waals surface area (Å²) in [6.45, 7) is 0.0824. The number of primary amides is 1. The lowest BCUT2D eigenvalue weighted by molar-refractivity contribution is -0.384. The maximum atomic E-state index is 11.9. The molecule has 24 heavy (non-hydrogen) atoms. The van der Waals surface area contributed by atoms with E-state index in [9.17, 15) is 19.7 Å². The van der Waals surface area contributed by atoms with E-state index >= 15 is 0 Å². The molecule has 120 valence electrons. The summed E-state index contributed by atoms with van der Waals surface area (Å²) in [5, 5.41) is 13.2. The second-order valence-electron chi connectivity index (χ2n) is 4.73. The predicted molar refractivity (Wildman–Crippen MR) is 87.3 cm³/mol. The SMILES string of the molecule is NC(=O)c1ccc(C#CCNC(=O)c2cccc([N+](=O)[O-])c2)cc1. The van der Waals surface area contributed by atoms with Gasteiger partial charge >= 0.3 is 0 Å². The molecule has 0 spiro atoms. The Morgan fingerprint density at radius 3 is 2.46 bits per heavy atom. The molecule has 7 heteroatoms. The number of rotatable bonds is 4. The molecule has 0 fully saturated rings. The molecule has 2 rings (SSSR count). The standard InChI is InChI=1S/C17H13N3O4/c18-16(21)13-8-6-12(7-9-13)3-2-10-19-17(22)14-4-1-5-15(11-14)20(23)24/h1,4-9,11H,10H2,(H2,18,21)(H,19,22). The van der Waals surface area contributed by atoms with E-state index in [1.807, 2.05) is 0 Å². The number of carbonyl (C=O) groups excluding carboxylic acids is 2. The minimum Gasteiger partial charge on any atom is -0.366 e. The van der Waals surface area contributed by atoms with Crippen LogP contribution in [0.4, 0.5) is 5.69 Å². The second-order valence-corrected chi connectivity index (χ2v) is 4.73. The smallest absolute Gasteiger partial charge is 0.270 e. The van der Waals surface area contributed by atoms with Crippen molar-refractivity contribution in [2.75, 3.05) is 6.54 Å². The lowest BCUT2D eigenvalue weighted by Gasteiger charge is -2.01. The Labute approximate surface area is 137 Å². The van der Waals surface area contributed by atoms with Gasteiger partial charge in [0.25, 0.3) is 11.6 Å². The Balaban J connectivity index is 1.94. The van der Waals surface area contributed by atoms with Crippen LogP contribution >= 0.6 is 0 Å². The summed E-state index contributed by atoms with van der Waals surface area (Å²) in [6, 6.07) is 11.9. The average molecular weight is 323 g/mol. The molecular weight excluding hydrogens is 310 g/mol. The number of nitrogens with one attached hydrogen (secondary N) is 1. The summed E-state index contributed by atoms with van der Waals surface area (Å²) in [5.41, 5.74) is 6.24. The monoisotopic (exact) mass is 323 g/mol. The van der Waals surface area contributed by atoms with Crippen molar-refractivity contribution in [3.63, 3.8) is 0 Å². The number of non-ortho nitro benzene ring substituents is 1. The van der Waals surface area contributed by atoms with Gasteiger partial charge in [0.2, 0.25) is 5.91 Å². The number of nitrogens with zero attached hydrogens (tertiary/aromatic N) is 1. The zero-order valence-electron chi connectivity index (χ0n) is 12.5. The number of nitrogens with two attached hydrogens (primary N) is 1. The first-order valence-electron chi connectivity index (χ1n) is 6.89. The van der Waals surface area contributed by atoms with Gasteiger partial charge in [-0.2, -0.15) is 0 Å². The molecule has 3 N–H and O–H groups in total. The number of nitro groups is 1. The molecule has 0 bridgehead atoms. The molecule has 0 radical (unpaired) electrons. The fourth-order valence-electron chi connectivity index (χ4n) is 1.85. The van der Waals surface area contributed by atoms with Gasteiger partial charge in [0.05, 0.1) is 11.5 Å². The van der Waals surface area contributed by atoms with Crippen LogP contribution in [0, 0.1) is 22.0 Å². The third kappa shape index (κ3) is 4.42. The second kappa shape index (κ2) is 7.56. The molecule has 0 aliphatic carbocycles. The third-order valence-electron chi connectivity index (χ3n) is 3.06. The first kappa shape index (κ1) is 16.7. The van der Waals surface area contributed by atoms with Gasteiger partial charge in [-0.15, -0.1) is 0 Å². The van der Waals surface area contributed by atoms with Crippen LogP contribution in [-0.2, 0) is 0 Å². The third-order valence-corrected chi connectivity index (χ3v) is 3.06. The normalized spacial score (nSPS) is 9.50. The van der Waals surface area contributed by atoms with Crippen LogP contribution < -0.4 is 11.1 Å². The molecule has 2 amide bonds. The summed E-state index contributed by atoms with van der Waals surface area (Å²) >= 11 is 0. The van der Waals surface area contributed by atoms with Gasteiger partial charge in [0.15, 0.2) is 0 Å². The van der Waals surface area contributed by atoms with Gasteiger partial charge < -0.3 is 11.1 Å². The first-order valence-corrected chi connectivity index (χ1v) is 6.89. The minimum absolute atomic E-state index is 0.0824. The van der Waals surface area contributed by atoms with Gasteiger partial charge in [-0.3, -0.25) is 19.7 Å². The Morgan fingerprint density at radius 2 is 1.83 bits per heavy atom. The highest BCUT2D eigenvalue weighted by atomic mass is 16.6. The van der Waals surface area contributed by atoms with E-state index in [0.717, 1.165) is 0 Å². The van der Waals surface area contributed by atoms with E-state index < -0.39 is 16.7 Å². The molecular formula is C17H13N3O4. The molecule has 7 nitrogen and oxygen atoms in total. The average Bonchev–Trinajstić information content (AvgIpc) is 2.59. The number of amides is 2.